The Morgan fingerprint density at radius 3 is 2.37 bits per heavy atom. The molecule has 0 unspecified atom stereocenters. The number of aromatic carboxylic acids is 1. The van der Waals surface area contributed by atoms with Gasteiger partial charge in [0.25, 0.3) is 5.69 Å². The zero-order valence-electron chi connectivity index (χ0n) is 10.3. The Hall–Kier alpha value is -2.63. The predicted molar refractivity (Wildman–Crippen MR) is 72.7 cm³/mol. The van der Waals surface area contributed by atoms with Crippen molar-refractivity contribution >= 4 is 17.3 Å². The summed E-state index contributed by atoms with van der Waals surface area (Å²) in [5, 5.41) is 19.8. The molecule has 0 spiro atoms. The van der Waals surface area contributed by atoms with E-state index in [1.165, 1.54) is 18.2 Å². The average molecular weight is 262 g/mol. The molecule has 1 aromatic carbocycles. The number of benzene rings is 1. The first kappa shape index (κ1) is 14.4. The van der Waals surface area contributed by atoms with Crippen LogP contribution in [0, 0.1) is 10.1 Å². The van der Waals surface area contributed by atoms with Crippen LogP contribution >= 0.6 is 0 Å². The van der Waals surface area contributed by atoms with Gasteiger partial charge in [-0.25, -0.2) is 4.79 Å². The van der Waals surface area contributed by atoms with Gasteiger partial charge in [0.2, 0.25) is 0 Å². The lowest BCUT2D eigenvalue weighted by atomic mass is 10.1. The van der Waals surface area contributed by atoms with E-state index in [9.17, 15) is 14.9 Å². The molecular weight excluding hydrogens is 248 g/mol. The molecular formula is C13H14N2O4. The van der Waals surface area contributed by atoms with Crippen LogP contribution in [0.1, 0.15) is 10.4 Å². The van der Waals surface area contributed by atoms with E-state index in [1.54, 1.807) is 17.1 Å². The molecule has 0 saturated carbocycles. The molecule has 6 heteroatoms. The number of nitrogens with zero attached hydrogens (tertiary/aromatic N) is 2. The summed E-state index contributed by atoms with van der Waals surface area (Å²) in [6.07, 6.45) is 3.32. The maximum atomic E-state index is 11.1. The summed E-state index contributed by atoms with van der Waals surface area (Å²) in [6, 6.07) is 3.99. The molecule has 0 fully saturated rings. The third-order valence-electron chi connectivity index (χ3n) is 2.47. The topological polar surface area (TPSA) is 83.7 Å². The molecule has 0 aliphatic carbocycles. The Morgan fingerprint density at radius 1 is 1.37 bits per heavy atom. The van der Waals surface area contributed by atoms with E-state index in [0.717, 1.165) is 0 Å². The monoisotopic (exact) mass is 262 g/mol. The van der Waals surface area contributed by atoms with Gasteiger partial charge in [0.05, 0.1) is 4.92 Å². The molecule has 1 N–H and O–H groups in total. The van der Waals surface area contributed by atoms with E-state index in [2.05, 4.69) is 13.2 Å². The Morgan fingerprint density at radius 2 is 1.95 bits per heavy atom. The first-order valence-electron chi connectivity index (χ1n) is 5.49. The SMILES string of the molecule is C=CCN(CC=C)c1ccc([N+](=O)[O-])c(C(=O)O)c1. The highest BCUT2D eigenvalue weighted by Crippen LogP contribution is 2.25. The summed E-state index contributed by atoms with van der Waals surface area (Å²) in [4.78, 5) is 22.9. The van der Waals surface area contributed by atoms with Crippen molar-refractivity contribution in [1.82, 2.24) is 0 Å². The van der Waals surface area contributed by atoms with Crippen LogP contribution in [0.25, 0.3) is 0 Å². The van der Waals surface area contributed by atoms with Crippen molar-refractivity contribution in [3.8, 4) is 0 Å². The molecule has 0 aliphatic rings. The number of hydrogen-bond donors (Lipinski definition) is 1. The Kier molecular flexibility index (Phi) is 4.82. The van der Waals surface area contributed by atoms with Crippen LogP contribution in [0.2, 0.25) is 0 Å². The van der Waals surface area contributed by atoms with Gasteiger partial charge in [0, 0.05) is 24.8 Å². The standard InChI is InChI=1S/C13H14N2O4/c1-3-7-14(8-4-2)10-5-6-12(15(18)19)11(9-10)13(16)17/h3-6,9H,1-2,7-8H2,(H,16,17). The van der Waals surface area contributed by atoms with Crippen LogP contribution in [0.3, 0.4) is 0 Å². The van der Waals surface area contributed by atoms with E-state index in [1.807, 2.05) is 0 Å². The third-order valence-corrected chi connectivity index (χ3v) is 2.47. The molecule has 0 aromatic heterocycles. The van der Waals surface area contributed by atoms with Gasteiger partial charge in [-0.2, -0.15) is 0 Å². The van der Waals surface area contributed by atoms with Gasteiger partial charge in [-0.3, -0.25) is 10.1 Å². The highest BCUT2D eigenvalue weighted by molar-refractivity contribution is 5.93. The summed E-state index contributed by atoms with van der Waals surface area (Å²) in [7, 11) is 0. The zero-order valence-corrected chi connectivity index (χ0v) is 10.3. The van der Waals surface area contributed by atoms with Crippen molar-refractivity contribution in [2.24, 2.45) is 0 Å². The van der Waals surface area contributed by atoms with E-state index in [-0.39, 0.29) is 5.56 Å². The molecule has 0 atom stereocenters. The van der Waals surface area contributed by atoms with Crippen molar-refractivity contribution in [3.05, 3.63) is 59.2 Å². The van der Waals surface area contributed by atoms with Crippen LogP contribution in [0.4, 0.5) is 11.4 Å². The second-order valence-electron chi connectivity index (χ2n) is 3.75. The fourth-order valence-corrected chi connectivity index (χ4v) is 1.65. The zero-order chi connectivity index (χ0) is 14.4. The molecule has 0 saturated heterocycles. The van der Waals surface area contributed by atoms with Crippen molar-refractivity contribution in [2.45, 2.75) is 0 Å². The van der Waals surface area contributed by atoms with Gasteiger partial charge >= 0.3 is 5.97 Å². The minimum absolute atomic E-state index is 0.333. The van der Waals surface area contributed by atoms with Crippen molar-refractivity contribution < 1.29 is 14.8 Å². The largest absolute Gasteiger partial charge is 0.477 e. The molecule has 0 radical (unpaired) electrons. The van der Waals surface area contributed by atoms with E-state index >= 15 is 0 Å². The minimum Gasteiger partial charge on any atom is -0.477 e. The number of carboxylic acids is 1. The maximum absolute atomic E-state index is 11.1. The average Bonchev–Trinajstić information content (AvgIpc) is 2.37. The number of hydrogen-bond acceptors (Lipinski definition) is 4. The van der Waals surface area contributed by atoms with Crippen LogP contribution in [0.5, 0.6) is 0 Å². The molecule has 100 valence electrons. The molecule has 0 heterocycles. The lowest BCUT2D eigenvalue weighted by Crippen LogP contribution is -2.23. The summed E-state index contributed by atoms with van der Waals surface area (Å²) >= 11 is 0. The molecule has 6 nitrogen and oxygen atoms in total. The Bertz CT molecular complexity index is 515. The molecule has 0 aliphatic heterocycles. The number of rotatable bonds is 7. The number of carboxylic acid groups (broad SMARTS) is 1. The molecule has 19 heavy (non-hydrogen) atoms. The van der Waals surface area contributed by atoms with Gasteiger partial charge in [-0.15, -0.1) is 13.2 Å². The van der Waals surface area contributed by atoms with Crippen LogP contribution in [-0.2, 0) is 0 Å². The molecule has 0 bridgehead atoms. The Balaban J connectivity index is 3.26. The second kappa shape index (κ2) is 6.34. The van der Waals surface area contributed by atoms with Crippen molar-refractivity contribution in [1.29, 1.82) is 0 Å². The first-order valence-corrected chi connectivity index (χ1v) is 5.49. The highest BCUT2D eigenvalue weighted by atomic mass is 16.6. The fourth-order valence-electron chi connectivity index (χ4n) is 1.65. The second-order valence-corrected chi connectivity index (χ2v) is 3.75. The van der Waals surface area contributed by atoms with Crippen LogP contribution in [0.15, 0.2) is 43.5 Å². The first-order chi connectivity index (χ1) is 9.01. The predicted octanol–water partition coefficient (Wildman–Crippen LogP) is 2.47. The quantitative estimate of drug-likeness (QED) is 0.463. The smallest absolute Gasteiger partial charge is 0.342 e. The van der Waals surface area contributed by atoms with E-state index in [4.69, 9.17) is 5.11 Å². The van der Waals surface area contributed by atoms with Crippen molar-refractivity contribution in [3.63, 3.8) is 0 Å². The number of carbonyl (C=O) groups is 1. The summed E-state index contributed by atoms with van der Waals surface area (Å²) < 4.78 is 0. The minimum atomic E-state index is -1.33. The van der Waals surface area contributed by atoms with Gasteiger partial charge in [0.1, 0.15) is 5.56 Å². The number of nitro groups is 1. The normalized spacial score (nSPS) is 9.68. The highest BCUT2D eigenvalue weighted by Gasteiger charge is 2.21. The Labute approximate surface area is 110 Å². The number of anilines is 1. The maximum Gasteiger partial charge on any atom is 0.342 e. The fraction of sp³-hybridized carbons (Fsp3) is 0.154. The van der Waals surface area contributed by atoms with Gasteiger partial charge in [0.15, 0.2) is 0 Å². The van der Waals surface area contributed by atoms with Gasteiger partial charge in [-0.1, -0.05) is 12.2 Å². The lowest BCUT2D eigenvalue weighted by Gasteiger charge is -2.21. The number of nitro benzene ring substituents is 1. The summed E-state index contributed by atoms with van der Waals surface area (Å²) in [5.41, 5.74) is -0.183. The lowest BCUT2D eigenvalue weighted by molar-refractivity contribution is -0.385. The molecule has 1 rings (SSSR count). The third kappa shape index (κ3) is 3.41. The molecule has 0 amide bonds. The van der Waals surface area contributed by atoms with Crippen LogP contribution in [-0.4, -0.2) is 29.1 Å². The molecule has 1 aromatic rings. The van der Waals surface area contributed by atoms with Gasteiger partial charge in [-0.05, 0) is 12.1 Å². The van der Waals surface area contributed by atoms with Gasteiger partial charge < -0.3 is 10.0 Å². The summed E-state index contributed by atoms with van der Waals surface area (Å²) in [5.74, 6) is -1.33. The van der Waals surface area contributed by atoms with E-state index < -0.39 is 16.6 Å². The van der Waals surface area contributed by atoms with Crippen LogP contribution < -0.4 is 4.90 Å². The van der Waals surface area contributed by atoms with Crippen molar-refractivity contribution in [2.75, 3.05) is 18.0 Å². The van der Waals surface area contributed by atoms with E-state index in [0.29, 0.717) is 18.8 Å². The summed E-state index contributed by atoms with van der Waals surface area (Å²) in [6.45, 7) is 8.20.